The highest BCUT2D eigenvalue weighted by Crippen LogP contribution is 2.30. The van der Waals surface area contributed by atoms with Gasteiger partial charge in [-0.15, -0.1) is 0 Å². The number of nitrogens with one attached hydrogen (secondary N) is 1. The smallest absolute Gasteiger partial charge is 0.165 e. The first kappa shape index (κ1) is 21.9. The van der Waals surface area contributed by atoms with Crippen LogP contribution in [0.2, 0.25) is 5.02 Å². The second-order valence-electron chi connectivity index (χ2n) is 9.95. The van der Waals surface area contributed by atoms with Crippen LogP contribution in [0.3, 0.4) is 0 Å². The number of fused-ring (bicyclic) bond motifs is 1. The van der Waals surface area contributed by atoms with E-state index in [1.54, 1.807) is 4.90 Å². The van der Waals surface area contributed by atoms with Gasteiger partial charge in [-0.05, 0) is 17.7 Å². The average Bonchev–Trinajstić information content (AvgIpc) is 3.25. The molecule has 0 aliphatic carbocycles. The highest BCUT2D eigenvalue weighted by molar-refractivity contribution is 6.30. The molecule has 0 bridgehead atoms. The van der Waals surface area contributed by atoms with Gasteiger partial charge in [-0.1, -0.05) is 74.8 Å². The SMILES string of the molecule is CC(C)(C)c1cc(N2CC[NH+](Cc3ccc(Cl)cc3)CC2)n2ncc(-c3ccccc3)c2n1. The van der Waals surface area contributed by atoms with E-state index in [1.165, 1.54) is 5.56 Å². The number of rotatable bonds is 4. The Kier molecular flexibility index (Phi) is 5.85. The quantitative estimate of drug-likeness (QED) is 0.494. The molecule has 1 aliphatic heterocycles. The predicted molar refractivity (Wildman–Crippen MR) is 135 cm³/mol. The molecule has 5 nitrogen and oxygen atoms in total. The Balaban J connectivity index is 1.44. The Labute approximate surface area is 200 Å². The van der Waals surface area contributed by atoms with E-state index in [2.05, 4.69) is 68.1 Å². The molecular weight excluding hydrogens is 430 g/mol. The van der Waals surface area contributed by atoms with Crippen LogP contribution in [0, 0.1) is 0 Å². The summed E-state index contributed by atoms with van der Waals surface area (Å²) in [7, 11) is 0. The molecule has 1 saturated heterocycles. The van der Waals surface area contributed by atoms with Gasteiger partial charge in [0, 0.05) is 27.6 Å². The first-order valence-electron chi connectivity index (χ1n) is 11.7. The Morgan fingerprint density at radius 1 is 0.970 bits per heavy atom. The lowest BCUT2D eigenvalue weighted by Gasteiger charge is -2.34. The number of nitrogens with zero attached hydrogens (tertiary/aromatic N) is 4. The largest absolute Gasteiger partial charge is 0.345 e. The fourth-order valence-electron chi connectivity index (χ4n) is 4.50. The van der Waals surface area contributed by atoms with Crippen LogP contribution < -0.4 is 9.80 Å². The number of piperazine rings is 1. The zero-order valence-electron chi connectivity index (χ0n) is 19.6. The van der Waals surface area contributed by atoms with Crippen molar-refractivity contribution in [1.29, 1.82) is 0 Å². The monoisotopic (exact) mass is 460 g/mol. The van der Waals surface area contributed by atoms with Crippen LogP contribution in [0.4, 0.5) is 5.82 Å². The van der Waals surface area contributed by atoms with E-state index in [0.29, 0.717) is 0 Å². The number of hydrogen-bond acceptors (Lipinski definition) is 3. The van der Waals surface area contributed by atoms with Crippen molar-refractivity contribution in [2.24, 2.45) is 0 Å². The van der Waals surface area contributed by atoms with Gasteiger partial charge in [0.15, 0.2) is 5.65 Å². The summed E-state index contributed by atoms with van der Waals surface area (Å²) in [6, 6.07) is 20.9. The average molecular weight is 461 g/mol. The summed E-state index contributed by atoms with van der Waals surface area (Å²) in [6.45, 7) is 11.9. The van der Waals surface area contributed by atoms with Crippen LogP contribution in [0.5, 0.6) is 0 Å². The Bertz CT molecular complexity index is 1230. The van der Waals surface area contributed by atoms with Crippen LogP contribution in [0.15, 0.2) is 66.9 Å². The summed E-state index contributed by atoms with van der Waals surface area (Å²) in [5.74, 6) is 1.14. The van der Waals surface area contributed by atoms with E-state index >= 15 is 0 Å². The van der Waals surface area contributed by atoms with E-state index in [9.17, 15) is 0 Å². The lowest BCUT2D eigenvalue weighted by molar-refractivity contribution is -0.914. The number of benzene rings is 2. The molecule has 1 N–H and O–H groups in total. The van der Waals surface area contributed by atoms with Gasteiger partial charge >= 0.3 is 0 Å². The molecule has 6 heteroatoms. The molecule has 5 rings (SSSR count). The van der Waals surface area contributed by atoms with Gasteiger partial charge in [0.05, 0.1) is 38.1 Å². The van der Waals surface area contributed by atoms with Crippen LogP contribution in [0.25, 0.3) is 16.8 Å². The molecule has 1 fully saturated rings. The molecule has 0 radical (unpaired) electrons. The van der Waals surface area contributed by atoms with Crippen LogP contribution in [-0.4, -0.2) is 40.8 Å². The van der Waals surface area contributed by atoms with E-state index in [0.717, 1.165) is 66.0 Å². The molecule has 33 heavy (non-hydrogen) atoms. The van der Waals surface area contributed by atoms with Crippen LogP contribution >= 0.6 is 11.6 Å². The minimum absolute atomic E-state index is 0.0453. The first-order chi connectivity index (χ1) is 15.9. The molecule has 0 spiro atoms. The number of aromatic nitrogens is 3. The van der Waals surface area contributed by atoms with Crippen molar-refractivity contribution in [3.05, 3.63) is 83.1 Å². The molecule has 3 heterocycles. The molecule has 0 saturated carbocycles. The molecule has 2 aromatic carbocycles. The highest BCUT2D eigenvalue weighted by atomic mass is 35.5. The van der Waals surface area contributed by atoms with Gasteiger partial charge in [0.25, 0.3) is 0 Å². The van der Waals surface area contributed by atoms with Gasteiger partial charge in [-0.25, -0.2) is 4.98 Å². The van der Waals surface area contributed by atoms with Gasteiger partial charge in [0.2, 0.25) is 0 Å². The zero-order valence-corrected chi connectivity index (χ0v) is 20.3. The molecular formula is C27H31ClN5+. The molecule has 1 aliphatic rings. The van der Waals surface area contributed by atoms with E-state index in [4.69, 9.17) is 21.7 Å². The molecule has 0 atom stereocenters. The number of hydrogen-bond donors (Lipinski definition) is 1. The molecule has 170 valence electrons. The maximum Gasteiger partial charge on any atom is 0.165 e. The van der Waals surface area contributed by atoms with Crippen LogP contribution in [-0.2, 0) is 12.0 Å². The standard InChI is InChI=1S/C27H30ClN5/c1-27(2,3)24-17-25(33-26(30-24)23(18-29-33)21-7-5-4-6-8-21)32-15-13-31(14-16-32)19-20-9-11-22(28)12-10-20/h4-12,17-18H,13-16,19H2,1-3H3/p+1. The maximum absolute atomic E-state index is 6.05. The maximum atomic E-state index is 6.05. The summed E-state index contributed by atoms with van der Waals surface area (Å²) in [5, 5.41) is 5.58. The minimum Gasteiger partial charge on any atom is -0.345 e. The van der Waals surface area contributed by atoms with Gasteiger partial charge in [0.1, 0.15) is 12.4 Å². The zero-order chi connectivity index (χ0) is 23.0. The summed E-state index contributed by atoms with van der Waals surface area (Å²) in [6.07, 6.45) is 1.95. The fourth-order valence-corrected chi connectivity index (χ4v) is 4.62. The van der Waals surface area contributed by atoms with Gasteiger partial charge < -0.3 is 9.80 Å². The second kappa shape index (κ2) is 8.81. The van der Waals surface area contributed by atoms with Gasteiger partial charge in [-0.3, -0.25) is 0 Å². The van der Waals surface area contributed by atoms with Crippen molar-refractivity contribution in [2.75, 3.05) is 31.1 Å². The third-order valence-corrected chi connectivity index (χ3v) is 6.72. The lowest BCUT2D eigenvalue weighted by Crippen LogP contribution is -3.13. The minimum atomic E-state index is -0.0453. The third kappa shape index (κ3) is 4.61. The summed E-state index contributed by atoms with van der Waals surface area (Å²) >= 11 is 6.05. The Morgan fingerprint density at radius 3 is 2.33 bits per heavy atom. The number of halogens is 1. The van der Waals surface area contributed by atoms with Crippen molar-refractivity contribution in [3.63, 3.8) is 0 Å². The van der Waals surface area contributed by atoms with Crippen LogP contribution in [0.1, 0.15) is 32.0 Å². The Morgan fingerprint density at radius 2 is 1.67 bits per heavy atom. The third-order valence-electron chi connectivity index (χ3n) is 6.47. The normalized spacial score (nSPS) is 15.3. The van der Waals surface area contributed by atoms with Crippen molar-refractivity contribution >= 4 is 23.1 Å². The van der Waals surface area contributed by atoms with E-state index in [1.807, 2.05) is 28.9 Å². The first-order valence-corrected chi connectivity index (χ1v) is 12.0. The van der Waals surface area contributed by atoms with Crippen molar-refractivity contribution in [2.45, 2.75) is 32.7 Å². The van der Waals surface area contributed by atoms with Crippen molar-refractivity contribution in [3.8, 4) is 11.1 Å². The summed E-state index contributed by atoms with van der Waals surface area (Å²) < 4.78 is 2.03. The fraction of sp³-hybridized carbons (Fsp3) is 0.333. The molecule has 4 aromatic rings. The second-order valence-corrected chi connectivity index (χ2v) is 10.4. The number of quaternary nitrogens is 1. The van der Waals surface area contributed by atoms with Crippen molar-refractivity contribution < 1.29 is 4.90 Å². The lowest BCUT2D eigenvalue weighted by atomic mass is 9.91. The predicted octanol–water partition coefficient (Wildman–Crippen LogP) is 4.25. The highest BCUT2D eigenvalue weighted by Gasteiger charge is 2.26. The molecule has 2 aromatic heterocycles. The van der Waals surface area contributed by atoms with Crippen molar-refractivity contribution in [1.82, 2.24) is 14.6 Å². The summed E-state index contributed by atoms with van der Waals surface area (Å²) in [4.78, 5) is 9.14. The summed E-state index contributed by atoms with van der Waals surface area (Å²) in [5.41, 5.74) is 5.54. The van der Waals surface area contributed by atoms with Gasteiger partial charge in [-0.2, -0.15) is 9.61 Å². The topological polar surface area (TPSA) is 37.9 Å². The number of anilines is 1. The Hall–Kier alpha value is -2.89. The molecule has 0 unspecified atom stereocenters. The van der Waals surface area contributed by atoms with E-state index in [-0.39, 0.29) is 5.41 Å². The molecule has 0 amide bonds. The van der Waals surface area contributed by atoms with E-state index < -0.39 is 0 Å².